The molecule has 0 saturated heterocycles. The van der Waals surface area contributed by atoms with Crippen molar-refractivity contribution in [1.82, 2.24) is 0 Å². The van der Waals surface area contributed by atoms with E-state index in [9.17, 15) is 4.79 Å². The zero-order valence-corrected chi connectivity index (χ0v) is 19.4. The average Bonchev–Trinajstić information content (AvgIpc) is 2.90. The number of carbonyl (C=O) groups excluding carboxylic acids is 1. The molecule has 1 N–H and O–H groups in total. The molecule has 3 aromatic carbocycles. The van der Waals surface area contributed by atoms with Gasteiger partial charge in [0.05, 0.1) is 5.69 Å². The Morgan fingerprint density at radius 1 is 0.938 bits per heavy atom. The molecule has 166 valence electrons. The van der Waals surface area contributed by atoms with Crippen molar-refractivity contribution in [3.05, 3.63) is 94.0 Å². The van der Waals surface area contributed by atoms with Crippen LogP contribution >= 0.6 is 0 Å². The van der Waals surface area contributed by atoms with E-state index < -0.39 is 12.2 Å². The molecule has 0 radical (unpaired) electrons. The van der Waals surface area contributed by atoms with Crippen molar-refractivity contribution in [3.63, 3.8) is 0 Å². The number of fused-ring (bicyclic) bond motifs is 2. The lowest BCUT2D eigenvalue weighted by molar-refractivity contribution is 0.130. The minimum atomic E-state index is -0.544. The van der Waals surface area contributed by atoms with Crippen molar-refractivity contribution in [2.24, 2.45) is 0 Å². The molecular weight excluding hydrogens is 398 g/mol. The van der Waals surface area contributed by atoms with E-state index in [2.05, 4.69) is 51.2 Å². The van der Waals surface area contributed by atoms with Gasteiger partial charge in [-0.15, -0.1) is 0 Å². The molecular formula is C28H31NO3. The fraction of sp³-hybridized carbons (Fsp3) is 0.321. The van der Waals surface area contributed by atoms with Crippen LogP contribution in [-0.2, 0) is 11.3 Å². The lowest BCUT2D eigenvalue weighted by Gasteiger charge is -2.23. The Bertz CT molecular complexity index is 1110. The zero-order valence-electron chi connectivity index (χ0n) is 19.4. The lowest BCUT2D eigenvalue weighted by atomic mass is 9.93. The molecule has 0 spiro atoms. The molecule has 1 aliphatic heterocycles. The number of hydrogen-bond donors (Lipinski definition) is 1. The highest BCUT2D eigenvalue weighted by atomic mass is 16.6. The topological polar surface area (TPSA) is 47.6 Å². The number of anilines is 1. The van der Waals surface area contributed by atoms with Gasteiger partial charge in [0.15, 0.2) is 6.10 Å². The van der Waals surface area contributed by atoms with Crippen molar-refractivity contribution in [1.29, 1.82) is 0 Å². The van der Waals surface area contributed by atoms with Crippen LogP contribution in [0.3, 0.4) is 0 Å². The highest BCUT2D eigenvalue weighted by Gasteiger charge is 2.28. The SMILES string of the molecule is Cc1ccc2c(c1)C(OC(=O)Nc1c(C(C)C)cccc1C(C)C)c1ccccc1CO2. The van der Waals surface area contributed by atoms with Crippen molar-refractivity contribution < 1.29 is 14.3 Å². The van der Waals surface area contributed by atoms with Crippen LogP contribution in [0.25, 0.3) is 0 Å². The number of benzene rings is 3. The largest absolute Gasteiger partial charge is 0.488 e. The van der Waals surface area contributed by atoms with Gasteiger partial charge in [0.2, 0.25) is 0 Å². The minimum absolute atomic E-state index is 0.277. The maximum absolute atomic E-state index is 13.3. The zero-order chi connectivity index (χ0) is 22.8. The number of nitrogens with one attached hydrogen (secondary N) is 1. The molecule has 1 atom stereocenters. The van der Waals surface area contributed by atoms with Gasteiger partial charge in [-0.25, -0.2) is 4.79 Å². The van der Waals surface area contributed by atoms with Gasteiger partial charge in [0, 0.05) is 11.1 Å². The summed E-state index contributed by atoms with van der Waals surface area (Å²) in [5.41, 5.74) is 6.99. The van der Waals surface area contributed by atoms with Crippen LogP contribution < -0.4 is 10.1 Å². The van der Waals surface area contributed by atoms with E-state index in [1.165, 1.54) is 0 Å². The summed E-state index contributed by atoms with van der Waals surface area (Å²) in [4.78, 5) is 13.3. The normalized spacial score (nSPS) is 14.9. The van der Waals surface area contributed by atoms with Gasteiger partial charge in [-0.05, 0) is 47.6 Å². The van der Waals surface area contributed by atoms with Crippen LogP contribution in [0.15, 0.2) is 60.7 Å². The predicted octanol–water partition coefficient (Wildman–Crippen LogP) is 7.47. The van der Waals surface area contributed by atoms with E-state index >= 15 is 0 Å². The van der Waals surface area contributed by atoms with Gasteiger partial charge in [-0.3, -0.25) is 5.32 Å². The van der Waals surface area contributed by atoms with Crippen LogP contribution in [0.5, 0.6) is 5.75 Å². The van der Waals surface area contributed by atoms with Gasteiger partial charge in [0.1, 0.15) is 12.4 Å². The molecule has 0 aromatic heterocycles. The Labute approximate surface area is 190 Å². The highest BCUT2D eigenvalue weighted by molar-refractivity contribution is 5.87. The maximum Gasteiger partial charge on any atom is 0.412 e. The van der Waals surface area contributed by atoms with Gasteiger partial charge >= 0.3 is 6.09 Å². The lowest BCUT2D eigenvalue weighted by Crippen LogP contribution is -2.21. The second kappa shape index (κ2) is 9.07. The summed E-state index contributed by atoms with van der Waals surface area (Å²) in [5.74, 6) is 1.30. The molecule has 0 bridgehead atoms. The van der Waals surface area contributed by atoms with Gasteiger partial charge in [-0.1, -0.05) is 81.8 Å². The Kier molecular flexibility index (Phi) is 6.22. The monoisotopic (exact) mass is 429 g/mol. The molecule has 4 heteroatoms. The second-order valence-corrected chi connectivity index (χ2v) is 9.06. The summed E-state index contributed by atoms with van der Waals surface area (Å²) >= 11 is 0. The molecule has 1 heterocycles. The summed E-state index contributed by atoms with van der Waals surface area (Å²) in [7, 11) is 0. The van der Waals surface area contributed by atoms with Crippen molar-refractivity contribution in [2.45, 2.75) is 59.2 Å². The summed E-state index contributed by atoms with van der Waals surface area (Å²) in [6.45, 7) is 11.0. The van der Waals surface area contributed by atoms with E-state index in [-0.39, 0.29) is 11.8 Å². The molecule has 1 unspecified atom stereocenters. The molecule has 1 aliphatic rings. The summed E-state index contributed by atoms with van der Waals surface area (Å²) < 4.78 is 12.2. The minimum Gasteiger partial charge on any atom is -0.488 e. The Balaban J connectivity index is 1.71. The predicted molar refractivity (Wildman–Crippen MR) is 129 cm³/mol. The molecule has 0 fully saturated rings. The molecule has 1 amide bonds. The third kappa shape index (κ3) is 4.36. The fourth-order valence-corrected chi connectivity index (χ4v) is 4.31. The number of para-hydroxylation sites is 1. The van der Waals surface area contributed by atoms with Gasteiger partial charge in [-0.2, -0.15) is 0 Å². The molecule has 0 saturated carbocycles. The Morgan fingerprint density at radius 3 is 2.31 bits per heavy atom. The van der Waals surface area contributed by atoms with E-state index in [0.29, 0.717) is 6.61 Å². The summed E-state index contributed by atoms with van der Waals surface area (Å²) in [6, 6.07) is 20.2. The first kappa shape index (κ1) is 21.9. The maximum atomic E-state index is 13.3. The smallest absolute Gasteiger partial charge is 0.412 e. The van der Waals surface area contributed by atoms with Gasteiger partial charge in [0.25, 0.3) is 0 Å². The number of carbonyl (C=O) groups is 1. The quantitative estimate of drug-likeness (QED) is 0.468. The van der Waals surface area contributed by atoms with Crippen LogP contribution in [0.1, 0.15) is 79.0 Å². The first-order valence-electron chi connectivity index (χ1n) is 11.3. The van der Waals surface area contributed by atoms with E-state index in [1.807, 2.05) is 49.4 Å². The molecule has 4 nitrogen and oxygen atoms in total. The Morgan fingerprint density at radius 2 is 1.62 bits per heavy atom. The Hall–Kier alpha value is -3.27. The summed E-state index contributed by atoms with van der Waals surface area (Å²) in [6.07, 6.45) is -1.01. The van der Waals surface area contributed by atoms with Crippen LogP contribution in [0.4, 0.5) is 10.5 Å². The number of amides is 1. The average molecular weight is 430 g/mol. The van der Waals surface area contributed by atoms with E-state index in [1.54, 1.807) is 0 Å². The second-order valence-electron chi connectivity index (χ2n) is 9.06. The van der Waals surface area contributed by atoms with Crippen molar-refractivity contribution in [3.8, 4) is 5.75 Å². The van der Waals surface area contributed by atoms with Crippen LogP contribution in [0, 0.1) is 6.92 Å². The third-order valence-electron chi connectivity index (χ3n) is 5.99. The summed E-state index contributed by atoms with van der Waals surface area (Å²) in [5, 5.41) is 3.08. The van der Waals surface area contributed by atoms with Crippen molar-refractivity contribution >= 4 is 11.8 Å². The number of rotatable bonds is 4. The van der Waals surface area contributed by atoms with Crippen LogP contribution in [-0.4, -0.2) is 6.09 Å². The highest BCUT2D eigenvalue weighted by Crippen LogP contribution is 2.39. The van der Waals surface area contributed by atoms with E-state index in [4.69, 9.17) is 9.47 Å². The number of aryl methyl sites for hydroxylation is 1. The standard InChI is InChI=1S/C28H31NO3/c1-17(2)21-11-8-12-22(18(3)4)26(21)29-28(30)32-27-23-10-7-6-9-20(23)16-31-25-14-13-19(5)15-24(25)27/h6-15,17-18,27H,16H2,1-5H3,(H,29,30). The first-order chi connectivity index (χ1) is 15.3. The number of hydrogen-bond acceptors (Lipinski definition) is 3. The molecule has 4 rings (SSSR count). The molecule has 0 aliphatic carbocycles. The van der Waals surface area contributed by atoms with Crippen molar-refractivity contribution in [2.75, 3.05) is 5.32 Å². The molecule has 32 heavy (non-hydrogen) atoms. The number of ether oxygens (including phenoxy) is 2. The van der Waals surface area contributed by atoms with E-state index in [0.717, 1.165) is 44.8 Å². The first-order valence-corrected chi connectivity index (χ1v) is 11.3. The van der Waals surface area contributed by atoms with Gasteiger partial charge < -0.3 is 9.47 Å². The third-order valence-corrected chi connectivity index (χ3v) is 5.99. The fourth-order valence-electron chi connectivity index (χ4n) is 4.31. The molecule has 3 aromatic rings. The van der Waals surface area contributed by atoms with Crippen LogP contribution in [0.2, 0.25) is 0 Å².